The summed E-state index contributed by atoms with van der Waals surface area (Å²) in [6, 6.07) is 0.104. The summed E-state index contributed by atoms with van der Waals surface area (Å²) in [6.07, 6.45) is 0. The SMILES string of the molecule is CN[C@H](CNS(=O)(=O)N(C)C)C(C)(C)C. The normalized spacial score (nSPS) is 15.7. The van der Waals surface area contributed by atoms with Gasteiger partial charge >= 0.3 is 0 Å². The van der Waals surface area contributed by atoms with Crippen LogP contribution in [0.4, 0.5) is 0 Å². The van der Waals surface area contributed by atoms with Crippen LogP contribution in [0.15, 0.2) is 0 Å². The van der Waals surface area contributed by atoms with Crippen molar-refractivity contribution in [3.8, 4) is 0 Å². The summed E-state index contributed by atoms with van der Waals surface area (Å²) in [4.78, 5) is 0. The van der Waals surface area contributed by atoms with Gasteiger partial charge in [0.15, 0.2) is 0 Å². The molecule has 0 aliphatic rings. The maximum absolute atomic E-state index is 11.5. The predicted octanol–water partition coefficient (Wildman–Crippen LogP) is 0.0165. The number of hydrogen-bond acceptors (Lipinski definition) is 3. The first kappa shape index (κ1) is 14.8. The quantitative estimate of drug-likeness (QED) is 0.708. The van der Waals surface area contributed by atoms with Crippen LogP contribution < -0.4 is 10.0 Å². The molecular weight excluding hydrogens is 214 g/mol. The average Bonchev–Trinajstić information content (AvgIpc) is 2.02. The number of likely N-dealkylation sites (N-methyl/N-ethyl adjacent to an activating group) is 1. The minimum Gasteiger partial charge on any atom is -0.315 e. The monoisotopic (exact) mass is 237 g/mol. The van der Waals surface area contributed by atoms with Crippen molar-refractivity contribution in [2.45, 2.75) is 26.8 Å². The minimum absolute atomic E-state index is 0.0174. The third-order valence-corrected chi connectivity index (χ3v) is 3.84. The van der Waals surface area contributed by atoms with Crippen LogP contribution >= 0.6 is 0 Å². The fraction of sp³-hybridized carbons (Fsp3) is 1.00. The van der Waals surface area contributed by atoms with E-state index in [9.17, 15) is 8.42 Å². The molecule has 0 aromatic rings. The summed E-state index contributed by atoms with van der Waals surface area (Å²) in [7, 11) is 1.53. The van der Waals surface area contributed by atoms with E-state index < -0.39 is 10.2 Å². The molecule has 0 rings (SSSR count). The van der Waals surface area contributed by atoms with Crippen LogP contribution in [0.2, 0.25) is 0 Å². The van der Waals surface area contributed by atoms with Crippen molar-refractivity contribution in [1.82, 2.24) is 14.3 Å². The van der Waals surface area contributed by atoms with Crippen LogP contribution in [0.1, 0.15) is 20.8 Å². The molecule has 0 aromatic carbocycles. The number of hydrogen-bond donors (Lipinski definition) is 2. The third kappa shape index (κ3) is 4.92. The summed E-state index contributed by atoms with van der Waals surface area (Å²) in [5.74, 6) is 0. The Morgan fingerprint density at radius 2 is 1.73 bits per heavy atom. The van der Waals surface area contributed by atoms with E-state index in [2.05, 4.69) is 30.8 Å². The van der Waals surface area contributed by atoms with E-state index in [0.29, 0.717) is 6.54 Å². The topological polar surface area (TPSA) is 61.4 Å². The van der Waals surface area contributed by atoms with E-state index in [1.165, 1.54) is 18.4 Å². The highest BCUT2D eigenvalue weighted by Crippen LogP contribution is 2.18. The van der Waals surface area contributed by atoms with Gasteiger partial charge < -0.3 is 5.32 Å². The molecular formula is C9H23N3O2S. The first-order valence-corrected chi connectivity index (χ1v) is 6.39. The standard InChI is InChI=1S/C9H23N3O2S/c1-9(2,3)8(10-4)7-11-15(13,14)12(5)6/h8,10-11H,7H2,1-6H3/t8-/m1/s1. The Balaban J connectivity index is 4.38. The van der Waals surface area contributed by atoms with Gasteiger partial charge in [-0.25, -0.2) is 4.72 Å². The molecule has 0 heterocycles. The number of nitrogens with zero attached hydrogens (tertiary/aromatic N) is 1. The minimum atomic E-state index is -3.32. The Bertz CT molecular complexity index is 280. The first-order valence-electron chi connectivity index (χ1n) is 4.95. The second kappa shape index (κ2) is 5.25. The van der Waals surface area contributed by atoms with Crippen molar-refractivity contribution in [1.29, 1.82) is 0 Å². The highest BCUT2D eigenvalue weighted by molar-refractivity contribution is 7.87. The summed E-state index contributed by atoms with van der Waals surface area (Å²) in [5.41, 5.74) is 0.0174. The molecule has 0 saturated carbocycles. The van der Waals surface area contributed by atoms with Crippen LogP contribution in [-0.2, 0) is 10.2 Å². The predicted molar refractivity (Wildman–Crippen MR) is 62.9 cm³/mol. The van der Waals surface area contributed by atoms with Gasteiger partial charge in [0.1, 0.15) is 0 Å². The van der Waals surface area contributed by atoms with Crippen molar-refractivity contribution in [2.24, 2.45) is 5.41 Å². The van der Waals surface area contributed by atoms with Gasteiger partial charge in [-0.2, -0.15) is 12.7 Å². The van der Waals surface area contributed by atoms with E-state index in [1.54, 1.807) is 0 Å². The number of rotatable bonds is 5. The van der Waals surface area contributed by atoms with E-state index in [0.717, 1.165) is 0 Å². The molecule has 0 aliphatic carbocycles. The van der Waals surface area contributed by atoms with Gasteiger partial charge in [-0.1, -0.05) is 20.8 Å². The molecule has 15 heavy (non-hydrogen) atoms. The fourth-order valence-corrected chi connectivity index (χ4v) is 1.79. The highest BCUT2D eigenvalue weighted by atomic mass is 32.2. The van der Waals surface area contributed by atoms with Crippen molar-refractivity contribution in [2.75, 3.05) is 27.7 Å². The molecule has 0 saturated heterocycles. The maximum Gasteiger partial charge on any atom is 0.278 e. The zero-order valence-corrected chi connectivity index (χ0v) is 11.3. The summed E-state index contributed by atoms with van der Waals surface area (Å²) < 4.78 is 26.7. The smallest absolute Gasteiger partial charge is 0.278 e. The Kier molecular flexibility index (Phi) is 5.19. The van der Waals surface area contributed by atoms with Gasteiger partial charge in [-0.05, 0) is 12.5 Å². The van der Waals surface area contributed by atoms with Crippen molar-refractivity contribution in [3.63, 3.8) is 0 Å². The molecule has 0 aromatic heterocycles. The second-order valence-electron chi connectivity index (χ2n) is 4.84. The Hall–Kier alpha value is -0.170. The third-order valence-electron chi connectivity index (χ3n) is 2.34. The van der Waals surface area contributed by atoms with E-state index in [1.807, 2.05) is 7.05 Å². The lowest BCUT2D eigenvalue weighted by Gasteiger charge is -2.30. The largest absolute Gasteiger partial charge is 0.315 e. The van der Waals surface area contributed by atoms with Gasteiger partial charge in [0, 0.05) is 26.7 Å². The lowest BCUT2D eigenvalue weighted by molar-refractivity contribution is 0.281. The van der Waals surface area contributed by atoms with Crippen molar-refractivity contribution < 1.29 is 8.42 Å². The average molecular weight is 237 g/mol. The van der Waals surface area contributed by atoms with Crippen LogP contribution in [0, 0.1) is 5.41 Å². The van der Waals surface area contributed by atoms with Crippen LogP contribution in [0.25, 0.3) is 0 Å². The van der Waals surface area contributed by atoms with E-state index in [-0.39, 0.29) is 11.5 Å². The zero-order valence-electron chi connectivity index (χ0n) is 10.5. The van der Waals surface area contributed by atoms with Crippen molar-refractivity contribution in [3.05, 3.63) is 0 Å². The molecule has 0 spiro atoms. The molecule has 0 fully saturated rings. The van der Waals surface area contributed by atoms with Crippen LogP contribution in [0.3, 0.4) is 0 Å². The second-order valence-corrected chi connectivity index (χ2v) is 6.81. The maximum atomic E-state index is 11.5. The van der Waals surface area contributed by atoms with Gasteiger partial charge in [0.2, 0.25) is 0 Å². The van der Waals surface area contributed by atoms with Gasteiger partial charge in [0.05, 0.1) is 0 Å². The van der Waals surface area contributed by atoms with E-state index in [4.69, 9.17) is 0 Å². The lowest BCUT2D eigenvalue weighted by Crippen LogP contribution is -2.49. The van der Waals surface area contributed by atoms with E-state index >= 15 is 0 Å². The summed E-state index contributed by atoms with van der Waals surface area (Å²) in [6.45, 7) is 6.59. The molecule has 0 bridgehead atoms. The van der Waals surface area contributed by atoms with Crippen LogP contribution in [0.5, 0.6) is 0 Å². The van der Waals surface area contributed by atoms with Gasteiger partial charge in [0.25, 0.3) is 10.2 Å². The van der Waals surface area contributed by atoms with Gasteiger partial charge in [-0.3, -0.25) is 0 Å². The Labute approximate surface area is 93.4 Å². The molecule has 0 amide bonds. The molecule has 0 radical (unpaired) electrons. The molecule has 0 unspecified atom stereocenters. The molecule has 0 aliphatic heterocycles. The Morgan fingerprint density at radius 3 is 2.00 bits per heavy atom. The molecule has 5 nitrogen and oxygen atoms in total. The van der Waals surface area contributed by atoms with Gasteiger partial charge in [-0.15, -0.1) is 0 Å². The van der Waals surface area contributed by atoms with Crippen molar-refractivity contribution >= 4 is 10.2 Å². The first-order chi connectivity index (χ1) is 6.61. The highest BCUT2D eigenvalue weighted by Gasteiger charge is 2.25. The molecule has 2 N–H and O–H groups in total. The Morgan fingerprint density at radius 1 is 1.27 bits per heavy atom. The molecule has 6 heteroatoms. The lowest BCUT2D eigenvalue weighted by atomic mass is 9.87. The zero-order chi connectivity index (χ0) is 12.3. The number of nitrogens with one attached hydrogen (secondary N) is 2. The fourth-order valence-electron chi connectivity index (χ4n) is 1.16. The molecule has 1 atom stereocenters. The summed E-state index contributed by atoms with van der Waals surface area (Å²) in [5, 5.41) is 3.11. The van der Waals surface area contributed by atoms with Crippen LogP contribution in [-0.4, -0.2) is 46.5 Å². The molecule has 92 valence electrons. The summed E-state index contributed by atoms with van der Waals surface area (Å²) >= 11 is 0.